The van der Waals surface area contributed by atoms with Crippen LogP contribution >= 0.6 is 0 Å². The molecule has 0 atom stereocenters. The van der Waals surface area contributed by atoms with Crippen LogP contribution < -0.4 is 19.5 Å². The van der Waals surface area contributed by atoms with Crippen LogP contribution in [0.1, 0.15) is 32.8 Å². The lowest BCUT2D eigenvalue weighted by molar-refractivity contribution is 0.345. The van der Waals surface area contributed by atoms with Crippen molar-refractivity contribution >= 4 is 0 Å². The fraction of sp³-hybridized carbons (Fsp3) is 0.600. The molecule has 4 heteroatoms. The highest BCUT2D eigenvalue weighted by Gasteiger charge is 2.18. The van der Waals surface area contributed by atoms with E-state index in [1.54, 1.807) is 21.3 Å². The summed E-state index contributed by atoms with van der Waals surface area (Å²) in [5.74, 6) is 2.28. The second-order valence-electron chi connectivity index (χ2n) is 5.10. The molecule has 0 saturated carbocycles. The molecule has 1 rings (SSSR count). The molecule has 1 aromatic rings. The number of hydrogen-bond donors (Lipinski definition) is 1. The second-order valence-corrected chi connectivity index (χ2v) is 5.10. The quantitative estimate of drug-likeness (QED) is 0.824. The Morgan fingerprint density at radius 2 is 1.53 bits per heavy atom. The number of ether oxygens (including phenoxy) is 3. The van der Waals surface area contributed by atoms with E-state index in [1.807, 2.05) is 12.1 Å². The molecule has 1 aromatic carbocycles. The highest BCUT2D eigenvalue weighted by molar-refractivity contribution is 5.50. The zero-order valence-electron chi connectivity index (χ0n) is 12.8. The first-order valence-electron chi connectivity index (χ1n) is 6.51. The molecule has 0 aliphatic rings. The molecule has 0 bridgehead atoms. The molecule has 0 unspecified atom stereocenters. The maximum Gasteiger partial charge on any atom is 0.130 e. The smallest absolute Gasteiger partial charge is 0.130 e. The predicted octanol–water partition coefficient (Wildman–Crippen LogP) is 2.99. The first-order valence-corrected chi connectivity index (χ1v) is 6.51. The number of benzene rings is 1. The predicted molar refractivity (Wildman–Crippen MR) is 77.3 cm³/mol. The monoisotopic (exact) mass is 267 g/mol. The van der Waals surface area contributed by atoms with Gasteiger partial charge in [-0.05, 0) is 20.3 Å². The Labute approximate surface area is 116 Å². The van der Waals surface area contributed by atoms with Crippen molar-refractivity contribution in [1.29, 1.82) is 0 Å². The zero-order chi connectivity index (χ0) is 14.5. The van der Waals surface area contributed by atoms with E-state index in [0.29, 0.717) is 6.54 Å². The van der Waals surface area contributed by atoms with Crippen LogP contribution in [-0.2, 0) is 6.54 Å². The lowest BCUT2D eigenvalue weighted by Crippen LogP contribution is -2.38. The van der Waals surface area contributed by atoms with E-state index in [4.69, 9.17) is 14.2 Å². The first-order chi connectivity index (χ1) is 8.97. The number of hydrogen-bond acceptors (Lipinski definition) is 4. The van der Waals surface area contributed by atoms with Gasteiger partial charge in [0.05, 0.1) is 26.9 Å². The van der Waals surface area contributed by atoms with Gasteiger partial charge in [0.2, 0.25) is 0 Å². The van der Waals surface area contributed by atoms with Gasteiger partial charge >= 0.3 is 0 Å². The minimum absolute atomic E-state index is 0.0793. The minimum atomic E-state index is 0.0793. The summed E-state index contributed by atoms with van der Waals surface area (Å²) < 4.78 is 16.1. The van der Waals surface area contributed by atoms with Gasteiger partial charge in [-0.2, -0.15) is 0 Å². The summed E-state index contributed by atoms with van der Waals surface area (Å²) in [6, 6.07) is 3.75. The van der Waals surface area contributed by atoms with Gasteiger partial charge in [-0.1, -0.05) is 6.92 Å². The Morgan fingerprint density at radius 1 is 1.00 bits per heavy atom. The molecule has 19 heavy (non-hydrogen) atoms. The van der Waals surface area contributed by atoms with Gasteiger partial charge in [0.15, 0.2) is 0 Å². The van der Waals surface area contributed by atoms with Crippen LogP contribution in [0.25, 0.3) is 0 Å². The van der Waals surface area contributed by atoms with Crippen LogP contribution in [0.5, 0.6) is 17.2 Å². The van der Waals surface area contributed by atoms with Crippen LogP contribution in [0.4, 0.5) is 0 Å². The summed E-state index contributed by atoms with van der Waals surface area (Å²) in [4.78, 5) is 0. The molecule has 4 nitrogen and oxygen atoms in total. The summed E-state index contributed by atoms with van der Waals surface area (Å²) in [5.41, 5.74) is 1.09. The highest BCUT2D eigenvalue weighted by atomic mass is 16.5. The van der Waals surface area contributed by atoms with Crippen LogP contribution in [0.3, 0.4) is 0 Å². The van der Waals surface area contributed by atoms with Gasteiger partial charge < -0.3 is 19.5 Å². The van der Waals surface area contributed by atoms with Crippen molar-refractivity contribution < 1.29 is 14.2 Å². The molecule has 0 aliphatic heterocycles. The Balaban J connectivity index is 3.04. The van der Waals surface area contributed by atoms with Crippen molar-refractivity contribution in [3.05, 3.63) is 17.7 Å². The zero-order valence-corrected chi connectivity index (χ0v) is 12.8. The Hall–Kier alpha value is -1.42. The van der Waals surface area contributed by atoms with Gasteiger partial charge in [0.1, 0.15) is 17.2 Å². The van der Waals surface area contributed by atoms with Gasteiger partial charge in [0.25, 0.3) is 0 Å². The minimum Gasteiger partial charge on any atom is -0.496 e. The highest BCUT2D eigenvalue weighted by Crippen LogP contribution is 2.34. The van der Waals surface area contributed by atoms with Crippen molar-refractivity contribution in [2.45, 2.75) is 39.3 Å². The lowest BCUT2D eigenvalue weighted by atomic mass is 10.0. The van der Waals surface area contributed by atoms with E-state index in [-0.39, 0.29) is 5.54 Å². The molecule has 0 radical (unpaired) electrons. The van der Waals surface area contributed by atoms with Crippen molar-refractivity contribution in [2.24, 2.45) is 0 Å². The molecule has 0 fully saturated rings. The van der Waals surface area contributed by atoms with E-state index in [0.717, 1.165) is 29.2 Å². The summed E-state index contributed by atoms with van der Waals surface area (Å²) in [6.07, 6.45) is 1.05. The van der Waals surface area contributed by atoms with Gasteiger partial charge in [-0.25, -0.2) is 0 Å². The summed E-state index contributed by atoms with van der Waals surface area (Å²) >= 11 is 0. The normalized spacial score (nSPS) is 11.3. The second kappa shape index (κ2) is 6.66. The first kappa shape index (κ1) is 15.6. The SMILES string of the molecule is CCC(C)(C)NCc1c(OC)cc(OC)cc1OC. The topological polar surface area (TPSA) is 39.7 Å². The van der Waals surface area contributed by atoms with Gasteiger partial charge in [-0.3, -0.25) is 0 Å². The number of methoxy groups -OCH3 is 3. The van der Waals surface area contributed by atoms with Gasteiger partial charge in [-0.15, -0.1) is 0 Å². The maximum absolute atomic E-state index is 5.43. The van der Waals surface area contributed by atoms with Crippen LogP contribution in [0, 0.1) is 0 Å². The average molecular weight is 267 g/mol. The molecule has 108 valence electrons. The Bertz CT molecular complexity index is 391. The third kappa shape index (κ3) is 4.03. The Kier molecular flexibility index (Phi) is 5.48. The molecule has 0 aliphatic carbocycles. The third-order valence-electron chi connectivity index (χ3n) is 3.44. The van der Waals surface area contributed by atoms with E-state index < -0.39 is 0 Å². The van der Waals surface area contributed by atoms with E-state index >= 15 is 0 Å². The number of nitrogens with one attached hydrogen (secondary N) is 1. The molecular formula is C15H25NO3. The van der Waals surface area contributed by atoms with Crippen LogP contribution in [-0.4, -0.2) is 26.9 Å². The standard InChI is InChI=1S/C15H25NO3/c1-7-15(2,3)16-10-12-13(18-5)8-11(17-4)9-14(12)19-6/h8-9,16H,7,10H2,1-6H3. The van der Waals surface area contributed by atoms with Crippen molar-refractivity contribution in [3.8, 4) is 17.2 Å². The summed E-state index contributed by atoms with van der Waals surface area (Å²) in [7, 11) is 4.94. The molecule has 0 aromatic heterocycles. The molecule has 0 saturated heterocycles. The van der Waals surface area contributed by atoms with Crippen molar-refractivity contribution in [2.75, 3.05) is 21.3 Å². The number of rotatable bonds is 7. The fourth-order valence-corrected chi connectivity index (χ4v) is 1.70. The van der Waals surface area contributed by atoms with Gasteiger partial charge in [0, 0.05) is 24.2 Å². The largest absolute Gasteiger partial charge is 0.496 e. The van der Waals surface area contributed by atoms with E-state index in [1.165, 1.54) is 0 Å². The molecule has 0 amide bonds. The average Bonchev–Trinajstić information content (AvgIpc) is 2.44. The van der Waals surface area contributed by atoms with E-state index in [2.05, 4.69) is 26.1 Å². The Morgan fingerprint density at radius 3 is 1.89 bits per heavy atom. The molecule has 0 heterocycles. The maximum atomic E-state index is 5.43. The van der Waals surface area contributed by atoms with E-state index in [9.17, 15) is 0 Å². The summed E-state index contributed by atoms with van der Waals surface area (Å²) in [5, 5.41) is 3.51. The molecular weight excluding hydrogens is 242 g/mol. The molecule has 1 N–H and O–H groups in total. The fourth-order valence-electron chi connectivity index (χ4n) is 1.70. The van der Waals surface area contributed by atoms with Crippen molar-refractivity contribution in [1.82, 2.24) is 5.32 Å². The summed E-state index contributed by atoms with van der Waals surface area (Å²) in [6.45, 7) is 7.21. The third-order valence-corrected chi connectivity index (χ3v) is 3.44. The van der Waals surface area contributed by atoms with Crippen LogP contribution in [0.15, 0.2) is 12.1 Å². The lowest BCUT2D eigenvalue weighted by Gasteiger charge is -2.26. The van der Waals surface area contributed by atoms with Crippen LogP contribution in [0.2, 0.25) is 0 Å². The van der Waals surface area contributed by atoms with Crippen molar-refractivity contribution in [3.63, 3.8) is 0 Å². The molecule has 0 spiro atoms.